The van der Waals surface area contributed by atoms with E-state index in [1.807, 2.05) is 12.1 Å². The largest absolute Gasteiger partial charge is 0.396 e. The molecule has 7 nitrogen and oxygen atoms in total. The Labute approximate surface area is 128 Å². The van der Waals surface area contributed by atoms with E-state index < -0.39 is 0 Å². The quantitative estimate of drug-likeness (QED) is 0.875. The van der Waals surface area contributed by atoms with E-state index in [9.17, 15) is 5.11 Å². The first-order chi connectivity index (χ1) is 10.8. The molecule has 1 aliphatic carbocycles. The van der Waals surface area contributed by atoms with Crippen LogP contribution in [0.15, 0.2) is 18.3 Å². The highest BCUT2D eigenvalue weighted by Crippen LogP contribution is 2.48. The van der Waals surface area contributed by atoms with Crippen LogP contribution >= 0.6 is 0 Å². The number of nitrogens with zero attached hydrogens (tertiary/aromatic N) is 5. The molecule has 0 aromatic carbocycles. The number of aliphatic hydroxyl groups excluding tert-OH is 1. The van der Waals surface area contributed by atoms with Crippen molar-refractivity contribution in [3.8, 4) is 11.5 Å². The van der Waals surface area contributed by atoms with Gasteiger partial charge >= 0.3 is 0 Å². The van der Waals surface area contributed by atoms with Crippen LogP contribution in [-0.4, -0.2) is 54.8 Å². The summed E-state index contributed by atoms with van der Waals surface area (Å²) in [6.45, 7) is 2.27. The van der Waals surface area contributed by atoms with Gasteiger partial charge in [0.05, 0.1) is 6.61 Å². The average molecular weight is 300 g/mol. The van der Waals surface area contributed by atoms with Gasteiger partial charge in [0.2, 0.25) is 5.82 Å². The molecule has 2 aromatic heterocycles. The Balaban J connectivity index is 1.54. The Kier molecular flexibility index (Phi) is 3.38. The zero-order valence-electron chi connectivity index (χ0n) is 12.4. The molecule has 0 unspecified atom stereocenters. The van der Waals surface area contributed by atoms with Gasteiger partial charge in [-0.05, 0) is 48.7 Å². The summed E-state index contributed by atoms with van der Waals surface area (Å²) in [7, 11) is 0. The Morgan fingerprint density at radius 1 is 1.41 bits per heavy atom. The molecule has 7 heteroatoms. The van der Waals surface area contributed by atoms with E-state index >= 15 is 0 Å². The van der Waals surface area contributed by atoms with Crippen LogP contribution in [0.1, 0.15) is 31.2 Å². The predicted molar refractivity (Wildman–Crippen MR) is 79.6 cm³/mol. The number of hydrogen-bond acceptors (Lipinski definition) is 6. The van der Waals surface area contributed by atoms with Gasteiger partial charge in [0.25, 0.3) is 0 Å². The van der Waals surface area contributed by atoms with Crippen LogP contribution in [0.25, 0.3) is 11.5 Å². The zero-order valence-corrected chi connectivity index (χ0v) is 12.4. The van der Waals surface area contributed by atoms with Crippen LogP contribution in [0.4, 0.5) is 0 Å². The summed E-state index contributed by atoms with van der Waals surface area (Å²) < 4.78 is 0. The predicted octanol–water partition coefficient (Wildman–Crippen LogP) is 0.999. The molecule has 1 aliphatic heterocycles. The number of aromatic amines is 1. The lowest BCUT2D eigenvalue weighted by Gasteiger charge is -2.30. The number of H-pyrrole nitrogens is 1. The van der Waals surface area contributed by atoms with E-state index in [2.05, 4.69) is 30.5 Å². The maximum atomic E-state index is 9.82. The maximum Gasteiger partial charge on any atom is 0.222 e. The molecular formula is C15H20N6O. The topological polar surface area (TPSA) is 90.8 Å². The number of aliphatic hydroxyl groups is 1. The van der Waals surface area contributed by atoms with E-state index in [-0.39, 0.29) is 5.41 Å². The van der Waals surface area contributed by atoms with Crippen molar-refractivity contribution in [1.29, 1.82) is 0 Å². The highest BCUT2D eigenvalue weighted by molar-refractivity contribution is 5.48. The first kappa shape index (κ1) is 13.8. The Bertz CT molecular complexity index is 645. The van der Waals surface area contributed by atoms with Crippen molar-refractivity contribution in [2.75, 3.05) is 13.2 Å². The minimum atomic E-state index is 0.142. The van der Waals surface area contributed by atoms with E-state index in [1.54, 1.807) is 6.20 Å². The molecule has 22 heavy (non-hydrogen) atoms. The second-order valence-corrected chi connectivity index (χ2v) is 6.43. The van der Waals surface area contributed by atoms with Gasteiger partial charge in [-0.15, -0.1) is 10.2 Å². The zero-order chi connectivity index (χ0) is 15.0. The smallest absolute Gasteiger partial charge is 0.222 e. The molecule has 1 saturated heterocycles. The van der Waals surface area contributed by atoms with Gasteiger partial charge in [-0.25, -0.2) is 0 Å². The lowest BCUT2D eigenvalue weighted by atomic mass is 9.83. The molecule has 3 heterocycles. The van der Waals surface area contributed by atoms with E-state index in [1.165, 1.54) is 18.4 Å². The van der Waals surface area contributed by atoms with Crippen molar-refractivity contribution in [2.45, 2.75) is 38.3 Å². The third-order valence-electron chi connectivity index (χ3n) is 5.30. The Morgan fingerprint density at radius 2 is 2.36 bits per heavy atom. The van der Waals surface area contributed by atoms with Gasteiger partial charge in [-0.2, -0.15) is 5.21 Å². The summed E-state index contributed by atoms with van der Waals surface area (Å²) in [5.41, 5.74) is 2.09. The van der Waals surface area contributed by atoms with Gasteiger partial charge in [-0.1, -0.05) is 6.42 Å². The highest BCUT2D eigenvalue weighted by Gasteiger charge is 2.49. The first-order valence-corrected chi connectivity index (χ1v) is 7.84. The summed E-state index contributed by atoms with van der Waals surface area (Å²) in [4.78, 5) is 6.82. The number of likely N-dealkylation sites (tertiary alicyclic amines) is 1. The summed E-state index contributed by atoms with van der Waals surface area (Å²) in [6, 6.07) is 4.58. The average Bonchev–Trinajstić information content (AvgIpc) is 3.25. The Hall–Kier alpha value is -1.86. The number of pyridine rings is 1. The molecule has 0 spiro atoms. The fraction of sp³-hybridized carbons (Fsp3) is 0.600. The summed E-state index contributed by atoms with van der Waals surface area (Å²) >= 11 is 0. The fourth-order valence-electron chi connectivity index (χ4n) is 4.16. The third kappa shape index (κ3) is 2.21. The Morgan fingerprint density at radius 3 is 3.18 bits per heavy atom. The second kappa shape index (κ2) is 5.40. The number of nitrogens with one attached hydrogen (secondary N) is 1. The van der Waals surface area contributed by atoms with Crippen LogP contribution in [0.2, 0.25) is 0 Å². The minimum Gasteiger partial charge on any atom is -0.396 e. The molecule has 116 valence electrons. The standard InChI is InChI=1S/C15H20N6O/c22-10-15-4-1-2-13(15)21(7-5-15)9-11-3-6-16-12(8-11)14-17-19-20-18-14/h3,6,8,13,22H,1-2,4-5,7,9-10H2,(H,17,18,19,20)/t13-,15-/m1/s1. The van der Waals surface area contributed by atoms with Crippen LogP contribution in [0.5, 0.6) is 0 Å². The van der Waals surface area contributed by atoms with Crippen LogP contribution < -0.4 is 0 Å². The molecule has 0 bridgehead atoms. The number of tetrazole rings is 1. The molecule has 2 fully saturated rings. The molecule has 2 N–H and O–H groups in total. The molecule has 0 radical (unpaired) electrons. The van der Waals surface area contributed by atoms with Crippen molar-refractivity contribution in [3.05, 3.63) is 23.9 Å². The van der Waals surface area contributed by atoms with E-state index in [0.717, 1.165) is 31.6 Å². The first-order valence-electron chi connectivity index (χ1n) is 7.84. The molecule has 0 amide bonds. The molecular weight excluding hydrogens is 280 g/mol. The second-order valence-electron chi connectivity index (χ2n) is 6.43. The van der Waals surface area contributed by atoms with Gasteiger partial charge in [-0.3, -0.25) is 9.88 Å². The van der Waals surface area contributed by atoms with Crippen molar-refractivity contribution < 1.29 is 5.11 Å². The van der Waals surface area contributed by atoms with Gasteiger partial charge in [0, 0.05) is 24.2 Å². The number of rotatable bonds is 4. The molecule has 2 atom stereocenters. The normalized spacial score (nSPS) is 28.1. The van der Waals surface area contributed by atoms with Crippen molar-refractivity contribution in [3.63, 3.8) is 0 Å². The summed E-state index contributed by atoms with van der Waals surface area (Å²) in [5.74, 6) is 0.522. The van der Waals surface area contributed by atoms with E-state index in [0.29, 0.717) is 18.5 Å². The number of aromatic nitrogens is 5. The fourth-order valence-corrected chi connectivity index (χ4v) is 4.16. The van der Waals surface area contributed by atoms with Crippen LogP contribution in [0.3, 0.4) is 0 Å². The lowest BCUT2D eigenvalue weighted by Crippen LogP contribution is -2.37. The van der Waals surface area contributed by atoms with Crippen LogP contribution in [-0.2, 0) is 6.54 Å². The van der Waals surface area contributed by atoms with Gasteiger partial charge in [0.1, 0.15) is 5.69 Å². The molecule has 2 aliphatic rings. The lowest BCUT2D eigenvalue weighted by molar-refractivity contribution is 0.0965. The SMILES string of the molecule is OC[C@]12CCC[C@H]1N(Cc1ccnc(-c3nn[nH]n3)c1)CC2. The summed E-state index contributed by atoms with van der Waals surface area (Å²) in [6.07, 6.45) is 6.49. The highest BCUT2D eigenvalue weighted by atomic mass is 16.3. The van der Waals surface area contributed by atoms with Crippen molar-refractivity contribution in [1.82, 2.24) is 30.5 Å². The van der Waals surface area contributed by atoms with Crippen molar-refractivity contribution in [2.24, 2.45) is 5.41 Å². The molecule has 2 aromatic rings. The minimum absolute atomic E-state index is 0.142. The third-order valence-corrected chi connectivity index (χ3v) is 5.30. The van der Waals surface area contributed by atoms with Gasteiger partial charge in [0.15, 0.2) is 0 Å². The monoisotopic (exact) mass is 300 g/mol. The van der Waals surface area contributed by atoms with Crippen LogP contribution in [0, 0.1) is 5.41 Å². The molecule has 1 saturated carbocycles. The number of hydrogen-bond donors (Lipinski definition) is 2. The van der Waals surface area contributed by atoms with E-state index in [4.69, 9.17) is 0 Å². The number of fused-ring (bicyclic) bond motifs is 1. The summed E-state index contributed by atoms with van der Waals surface area (Å²) in [5, 5.41) is 23.8. The maximum absolute atomic E-state index is 9.82. The van der Waals surface area contributed by atoms with Gasteiger partial charge < -0.3 is 5.11 Å². The molecule has 4 rings (SSSR count). The van der Waals surface area contributed by atoms with Crippen molar-refractivity contribution >= 4 is 0 Å².